The number of amides is 2. The van der Waals surface area contributed by atoms with Gasteiger partial charge < -0.3 is 10.4 Å². The molecule has 1 heterocycles. The highest BCUT2D eigenvalue weighted by Gasteiger charge is 2.47. The maximum Gasteiger partial charge on any atom is 0.320 e. The van der Waals surface area contributed by atoms with Crippen LogP contribution in [0.15, 0.2) is 24.4 Å². The number of hydrogen-bond acceptors (Lipinski definition) is 3. The van der Waals surface area contributed by atoms with Crippen molar-refractivity contribution >= 4 is 11.8 Å². The molecule has 0 saturated heterocycles. The molecule has 5 heteroatoms. The first kappa shape index (κ1) is 12.4. The standard InChI is InChI=1S/C14H19N3O2/c18-8-11-9-4-5-10(7-9)13(11)17-14(19)16-12-3-1-2-6-15-12/h1-3,6,9-11,13,18H,4-5,7-8H2,(H2,15,16,17,19)/t9-,10-,11+,13+/m0/s1. The maximum atomic E-state index is 12.0. The zero-order valence-electron chi connectivity index (χ0n) is 10.7. The first-order valence-electron chi connectivity index (χ1n) is 6.87. The lowest BCUT2D eigenvalue weighted by Gasteiger charge is -2.30. The fourth-order valence-corrected chi connectivity index (χ4v) is 3.64. The van der Waals surface area contributed by atoms with E-state index in [1.54, 1.807) is 18.3 Å². The number of aliphatic hydroxyl groups excluding tert-OH is 1. The zero-order valence-corrected chi connectivity index (χ0v) is 10.7. The van der Waals surface area contributed by atoms with E-state index in [1.165, 1.54) is 6.42 Å². The predicted molar refractivity (Wildman–Crippen MR) is 71.6 cm³/mol. The van der Waals surface area contributed by atoms with Crippen molar-refractivity contribution < 1.29 is 9.90 Å². The monoisotopic (exact) mass is 261 g/mol. The third-order valence-corrected chi connectivity index (χ3v) is 4.50. The van der Waals surface area contributed by atoms with E-state index in [4.69, 9.17) is 0 Å². The van der Waals surface area contributed by atoms with Crippen molar-refractivity contribution in [3.05, 3.63) is 24.4 Å². The summed E-state index contributed by atoms with van der Waals surface area (Å²) >= 11 is 0. The van der Waals surface area contributed by atoms with E-state index in [9.17, 15) is 9.90 Å². The average Bonchev–Trinajstić information content (AvgIpc) is 3.00. The number of nitrogens with one attached hydrogen (secondary N) is 2. The lowest BCUT2D eigenvalue weighted by molar-refractivity contribution is 0.146. The van der Waals surface area contributed by atoms with Crippen molar-refractivity contribution in [3.8, 4) is 0 Å². The van der Waals surface area contributed by atoms with Gasteiger partial charge in [0.05, 0.1) is 0 Å². The van der Waals surface area contributed by atoms with E-state index in [2.05, 4.69) is 15.6 Å². The first-order valence-corrected chi connectivity index (χ1v) is 6.87. The molecule has 1 aromatic rings. The number of nitrogens with zero attached hydrogens (tertiary/aromatic N) is 1. The molecular formula is C14H19N3O2. The molecule has 2 amide bonds. The molecule has 0 unspecified atom stereocenters. The third-order valence-electron chi connectivity index (χ3n) is 4.50. The fraction of sp³-hybridized carbons (Fsp3) is 0.571. The summed E-state index contributed by atoms with van der Waals surface area (Å²) in [7, 11) is 0. The van der Waals surface area contributed by atoms with Crippen LogP contribution < -0.4 is 10.6 Å². The third kappa shape index (κ3) is 2.42. The van der Waals surface area contributed by atoms with Crippen LogP contribution in [0.1, 0.15) is 19.3 Å². The Bertz CT molecular complexity index is 451. The van der Waals surface area contributed by atoms with Gasteiger partial charge in [-0.3, -0.25) is 5.32 Å². The number of carbonyl (C=O) groups excluding carboxylic acids is 1. The van der Waals surface area contributed by atoms with Gasteiger partial charge in [-0.2, -0.15) is 0 Å². The zero-order chi connectivity index (χ0) is 13.2. The normalized spacial score (nSPS) is 32.3. The molecule has 0 spiro atoms. The molecule has 4 atom stereocenters. The number of pyridine rings is 1. The quantitative estimate of drug-likeness (QED) is 0.774. The number of aliphatic hydroxyl groups is 1. The highest BCUT2D eigenvalue weighted by molar-refractivity contribution is 5.88. The Morgan fingerprint density at radius 1 is 1.37 bits per heavy atom. The molecule has 0 aliphatic heterocycles. The molecule has 1 aromatic heterocycles. The molecule has 2 aliphatic rings. The molecule has 19 heavy (non-hydrogen) atoms. The van der Waals surface area contributed by atoms with Crippen LogP contribution in [0.3, 0.4) is 0 Å². The van der Waals surface area contributed by atoms with E-state index in [0.717, 1.165) is 12.8 Å². The Hall–Kier alpha value is -1.62. The Morgan fingerprint density at radius 3 is 2.95 bits per heavy atom. The number of carbonyl (C=O) groups is 1. The maximum absolute atomic E-state index is 12.0. The van der Waals surface area contributed by atoms with Crippen LogP contribution in [0.25, 0.3) is 0 Å². The van der Waals surface area contributed by atoms with Crippen LogP contribution in [-0.2, 0) is 0 Å². The van der Waals surface area contributed by atoms with Crippen molar-refractivity contribution in [2.24, 2.45) is 17.8 Å². The van der Waals surface area contributed by atoms with Gasteiger partial charge in [0.25, 0.3) is 0 Å². The molecular weight excluding hydrogens is 242 g/mol. The van der Waals surface area contributed by atoms with E-state index in [1.807, 2.05) is 6.07 Å². The van der Waals surface area contributed by atoms with Crippen molar-refractivity contribution in [1.82, 2.24) is 10.3 Å². The van der Waals surface area contributed by atoms with Crippen LogP contribution in [-0.4, -0.2) is 28.8 Å². The van der Waals surface area contributed by atoms with Gasteiger partial charge in [-0.05, 0) is 43.2 Å². The van der Waals surface area contributed by atoms with Crippen LogP contribution in [0.4, 0.5) is 10.6 Å². The summed E-state index contributed by atoms with van der Waals surface area (Å²) in [5.41, 5.74) is 0. The van der Waals surface area contributed by atoms with Gasteiger partial charge in [0, 0.05) is 24.8 Å². The van der Waals surface area contributed by atoms with Crippen molar-refractivity contribution in [3.63, 3.8) is 0 Å². The summed E-state index contributed by atoms with van der Waals surface area (Å²) in [4.78, 5) is 16.0. The lowest BCUT2D eigenvalue weighted by atomic mass is 9.85. The first-order chi connectivity index (χ1) is 9.28. The molecule has 102 valence electrons. The largest absolute Gasteiger partial charge is 0.396 e. The van der Waals surface area contributed by atoms with Gasteiger partial charge in [0.15, 0.2) is 0 Å². The van der Waals surface area contributed by atoms with Gasteiger partial charge >= 0.3 is 6.03 Å². The number of hydrogen-bond donors (Lipinski definition) is 3. The summed E-state index contributed by atoms with van der Waals surface area (Å²) in [6.45, 7) is 0.162. The summed E-state index contributed by atoms with van der Waals surface area (Å²) in [5, 5.41) is 15.2. The minimum absolute atomic E-state index is 0.104. The molecule has 0 aromatic carbocycles. The highest BCUT2D eigenvalue weighted by atomic mass is 16.3. The molecule has 3 N–H and O–H groups in total. The minimum atomic E-state index is -0.227. The number of aromatic nitrogens is 1. The number of fused-ring (bicyclic) bond motifs is 2. The van der Waals surface area contributed by atoms with E-state index >= 15 is 0 Å². The Kier molecular flexibility index (Phi) is 3.38. The molecule has 5 nitrogen and oxygen atoms in total. The molecule has 2 bridgehead atoms. The van der Waals surface area contributed by atoms with E-state index in [0.29, 0.717) is 17.7 Å². The second kappa shape index (κ2) is 5.17. The summed E-state index contributed by atoms with van der Waals surface area (Å²) in [6.07, 6.45) is 5.13. The van der Waals surface area contributed by atoms with Crippen molar-refractivity contribution in [2.75, 3.05) is 11.9 Å². The molecule has 2 saturated carbocycles. The lowest BCUT2D eigenvalue weighted by Crippen LogP contribution is -2.46. The van der Waals surface area contributed by atoms with E-state index in [-0.39, 0.29) is 24.6 Å². The second-order valence-electron chi connectivity index (χ2n) is 5.52. The van der Waals surface area contributed by atoms with Gasteiger partial charge in [0.1, 0.15) is 5.82 Å². The summed E-state index contributed by atoms with van der Waals surface area (Å²) in [6, 6.07) is 5.27. The molecule has 2 aliphatic carbocycles. The highest BCUT2D eigenvalue weighted by Crippen LogP contribution is 2.48. The molecule has 3 rings (SSSR count). The summed E-state index contributed by atoms with van der Waals surface area (Å²) in [5.74, 6) is 1.86. The van der Waals surface area contributed by atoms with Gasteiger partial charge in [-0.15, -0.1) is 0 Å². The smallest absolute Gasteiger partial charge is 0.320 e. The minimum Gasteiger partial charge on any atom is -0.396 e. The van der Waals surface area contributed by atoms with Crippen LogP contribution >= 0.6 is 0 Å². The number of urea groups is 1. The second-order valence-corrected chi connectivity index (χ2v) is 5.52. The Morgan fingerprint density at radius 2 is 2.21 bits per heavy atom. The molecule has 2 fully saturated rings. The van der Waals surface area contributed by atoms with Crippen LogP contribution in [0.5, 0.6) is 0 Å². The average molecular weight is 261 g/mol. The van der Waals surface area contributed by atoms with Crippen LogP contribution in [0.2, 0.25) is 0 Å². The number of rotatable bonds is 3. The van der Waals surface area contributed by atoms with Gasteiger partial charge in [-0.1, -0.05) is 6.07 Å². The fourth-order valence-electron chi connectivity index (χ4n) is 3.64. The van der Waals surface area contributed by atoms with Crippen LogP contribution in [0, 0.1) is 17.8 Å². The molecule has 0 radical (unpaired) electrons. The predicted octanol–water partition coefficient (Wildman–Crippen LogP) is 1.61. The number of anilines is 1. The SMILES string of the molecule is O=C(Nc1ccccn1)N[C@@H]1[C@H]2CC[C@@H](C2)[C@H]1CO. The van der Waals surface area contributed by atoms with Crippen molar-refractivity contribution in [2.45, 2.75) is 25.3 Å². The topological polar surface area (TPSA) is 74.2 Å². The van der Waals surface area contributed by atoms with Crippen molar-refractivity contribution in [1.29, 1.82) is 0 Å². The Labute approximate surface area is 112 Å². The van der Waals surface area contributed by atoms with Gasteiger partial charge in [-0.25, -0.2) is 9.78 Å². The van der Waals surface area contributed by atoms with Gasteiger partial charge in [0.2, 0.25) is 0 Å². The van der Waals surface area contributed by atoms with E-state index < -0.39 is 0 Å². The Balaban J connectivity index is 1.60. The summed E-state index contributed by atoms with van der Waals surface area (Å²) < 4.78 is 0.